The molecule has 0 saturated heterocycles. The summed E-state index contributed by atoms with van der Waals surface area (Å²) in [6, 6.07) is 8.65. The van der Waals surface area contributed by atoms with Gasteiger partial charge in [0.2, 0.25) is 0 Å². The van der Waals surface area contributed by atoms with Crippen molar-refractivity contribution in [3.8, 4) is 0 Å². The van der Waals surface area contributed by atoms with Gasteiger partial charge in [-0.3, -0.25) is 9.36 Å². The first-order valence-electron chi connectivity index (χ1n) is 10.6. The van der Waals surface area contributed by atoms with Crippen molar-refractivity contribution in [3.63, 3.8) is 0 Å². The molecule has 0 spiro atoms. The van der Waals surface area contributed by atoms with Crippen LogP contribution in [-0.4, -0.2) is 28.5 Å². The van der Waals surface area contributed by atoms with Crippen LogP contribution < -0.4 is 5.56 Å². The normalized spacial score (nSPS) is 16.7. The topological polar surface area (TPSA) is 38.1 Å². The third kappa shape index (κ3) is 4.03. The van der Waals surface area contributed by atoms with E-state index in [-0.39, 0.29) is 5.56 Å². The summed E-state index contributed by atoms with van der Waals surface area (Å²) in [6.45, 7) is 7.94. The first-order valence-corrected chi connectivity index (χ1v) is 11.4. The first-order chi connectivity index (χ1) is 13.8. The van der Waals surface area contributed by atoms with Gasteiger partial charge in [-0.1, -0.05) is 45.0 Å². The van der Waals surface area contributed by atoms with Gasteiger partial charge >= 0.3 is 0 Å². The van der Waals surface area contributed by atoms with E-state index in [4.69, 9.17) is 4.98 Å². The summed E-state index contributed by atoms with van der Waals surface area (Å²) in [5.74, 6) is 2.05. The number of aromatic nitrogens is 2. The van der Waals surface area contributed by atoms with Gasteiger partial charge in [0.1, 0.15) is 10.7 Å². The third-order valence-electron chi connectivity index (χ3n) is 5.94. The number of aryl methyl sites for hydroxylation is 1. The summed E-state index contributed by atoms with van der Waals surface area (Å²) < 4.78 is 1.90. The van der Waals surface area contributed by atoms with Gasteiger partial charge in [-0.15, -0.1) is 11.3 Å². The van der Waals surface area contributed by atoms with Crippen LogP contribution in [-0.2, 0) is 25.9 Å². The number of hydrogen-bond acceptors (Lipinski definition) is 4. The zero-order valence-corrected chi connectivity index (χ0v) is 19.0. The van der Waals surface area contributed by atoms with Crippen molar-refractivity contribution in [1.29, 1.82) is 0 Å². The molecule has 2 heterocycles. The fourth-order valence-electron chi connectivity index (χ4n) is 4.22. The molecule has 1 atom stereocenters. The molecule has 154 valence electrons. The van der Waals surface area contributed by atoms with E-state index in [1.165, 1.54) is 16.0 Å². The molecule has 0 aliphatic heterocycles. The lowest BCUT2D eigenvalue weighted by molar-refractivity contribution is 0.379. The molecule has 1 aromatic carbocycles. The zero-order valence-electron chi connectivity index (χ0n) is 18.2. The number of nitrogens with zero attached hydrogens (tertiary/aromatic N) is 3. The third-order valence-corrected chi connectivity index (χ3v) is 7.09. The molecule has 0 bridgehead atoms. The van der Waals surface area contributed by atoms with Gasteiger partial charge in [-0.25, -0.2) is 4.98 Å². The summed E-state index contributed by atoms with van der Waals surface area (Å²) in [5, 5.41) is 0.873. The first kappa shape index (κ1) is 20.3. The maximum absolute atomic E-state index is 13.6. The Balaban J connectivity index is 1.82. The SMILES string of the molecule is CC1CCc2c(sc3nc(CN(C)C)n(Cc4ccc(C(C)C)cc4)c(=O)c23)C1. The Morgan fingerprint density at radius 3 is 2.62 bits per heavy atom. The Morgan fingerprint density at radius 2 is 1.97 bits per heavy atom. The molecule has 2 aromatic heterocycles. The summed E-state index contributed by atoms with van der Waals surface area (Å²) in [4.78, 5) is 23.0. The van der Waals surface area contributed by atoms with Crippen LogP contribution in [0.4, 0.5) is 0 Å². The molecule has 0 fully saturated rings. The van der Waals surface area contributed by atoms with Gasteiger partial charge in [0, 0.05) is 4.88 Å². The highest BCUT2D eigenvalue weighted by Crippen LogP contribution is 2.36. The van der Waals surface area contributed by atoms with E-state index in [0.717, 1.165) is 40.9 Å². The van der Waals surface area contributed by atoms with Crippen LogP contribution in [0.1, 0.15) is 60.5 Å². The largest absolute Gasteiger partial charge is 0.302 e. The molecule has 5 heteroatoms. The molecule has 4 rings (SSSR count). The quantitative estimate of drug-likeness (QED) is 0.607. The zero-order chi connectivity index (χ0) is 20.7. The molecule has 3 aromatic rings. The summed E-state index contributed by atoms with van der Waals surface area (Å²) in [5.41, 5.74) is 3.87. The van der Waals surface area contributed by atoms with E-state index in [1.54, 1.807) is 11.3 Å². The molecule has 0 amide bonds. The lowest BCUT2D eigenvalue weighted by atomic mass is 9.89. The summed E-state index contributed by atoms with van der Waals surface area (Å²) in [7, 11) is 4.05. The minimum Gasteiger partial charge on any atom is -0.302 e. The van der Waals surface area contributed by atoms with Crippen molar-refractivity contribution in [2.45, 2.75) is 59.0 Å². The Hall–Kier alpha value is -1.98. The maximum Gasteiger partial charge on any atom is 0.262 e. The van der Waals surface area contributed by atoms with E-state index in [1.807, 2.05) is 18.7 Å². The van der Waals surface area contributed by atoms with E-state index < -0.39 is 0 Å². The van der Waals surface area contributed by atoms with E-state index in [0.29, 0.717) is 24.9 Å². The van der Waals surface area contributed by atoms with Crippen molar-refractivity contribution in [3.05, 3.63) is 62.0 Å². The number of fused-ring (bicyclic) bond motifs is 3. The summed E-state index contributed by atoms with van der Waals surface area (Å²) in [6.07, 6.45) is 3.24. The van der Waals surface area contributed by atoms with E-state index in [2.05, 4.69) is 49.9 Å². The van der Waals surface area contributed by atoms with Crippen LogP contribution in [0, 0.1) is 5.92 Å². The monoisotopic (exact) mass is 409 g/mol. The summed E-state index contributed by atoms with van der Waals surface area (Å²) >= 11 is 1.74. The Labute approximate surface area is 177 Å². The number of benzene rings is 1. The number of rotatable bonds is 5. The van der Waals surface area contributed by atoms with Crippen molar-refractivity contribution < 1.29 is 0 Å². The molecular formula is C24H31N3OS. The molecule has 0 saturated carbocycles. The van der Waals surface area contributed by atoms with Crippen molar-refractivity contribution >= 4 is 21.6 Å². The van der Waals surface area contributed by atoms with Crippen molar-refractivity contribution in [2.24, 2.45) is 5.92 Å². The molecule has 1 unspecified atom stereocenters. The van der Waals surface area contributed by atoms with Crippen molar-refractivity contribution in [1.82, 2.24) is 14.5 Å². The van der Waals surface area contributed by atoms with E-state index >= 15 is 0 Å². The van der Waals surface area contributed by atoms with Gasteiger partial charge in [0.15, 0.2) is 0 Å². The minimum atomic E-state index is 0.131. The second-order valence-electron chi connectivity index (χ2n) is 9.09. The second-order valence-corrected chi connectivity index (χ2v) is 10.2. The van der Waals surface area contributed by atoms with Gasteiger partial charge in [0.25, 0.3) is 5.56 Å². The molecule has 29 heavy (non-hydrogen) atoms. The highest BCUT2D eigenvalue weighted by atomic mass is 32.1. The van der Waals surface area contributed by atoms with Crippen LogP contribution in [0.15, 0.2) is 29.1 Å². The predicted octanol–water partition coefficient (Wildman–Crippen LogP) is 4.82. The Kier molecular flexibility index (Phi) is 5.63. The van der Waals surface area contributed by atoms with Gasteiger partial charge < -0.3 is 4.90 Å². The molecule has 0 N–H and O–H groups in total. The standard InChI is InChI=1S/C24H31N3OS/c1-15(2)18-9-7-17(8-10-18)13-27-21(14-26(4)5)25-23-22(24(27)28)19-11-6-16(3)12-20(19)29-23/h7-10,15-16H,6,11-14H2,1-5H3. The molecule has 1 aliphatic carbocycles. The van der Waals surface area contributed by atoms with Crippen LogP contribution in [0.2, 0.25) is 0 Å². The average molecular weight is 410 g/mol. The Morgan fingerprint density at radius 1 is 1.24 bits per heavy atom. The lowest BCUT2D eigenvalue weighted by Crippen LogP contribution is -2.29. The predicted molar refractivity (Wildman–Crippen MR) is 122 cm³/mol. The highest BCUT2D eigenvalue weighted by Gasteiger charge is 2.24. The van der Waals surface area contributed by atoms with Crippen molar-refractivity contribution in [2.75, 3.05) is 14.1 Å². The molecule has 4 nitrogen and oxygen atoms in total. The number of hydrogen-bond donors (Lipinski definition) is 0. The number of thiophene rings is 1. The van der Waals surface area contributed by atoms with Crippen LogP contribution >= 0.6 is 11.3 Å². The van der Waals surface area contributed by atoms with Crippen LogP contribution in [0.3, 0.4) is 0 Å². The van der Waals surface area contributed by atoms with Gasteiger partial charge in [-0.05, 0) is 61.9 Å². The molecule has 1 aliphatic rings. The smallest absolute Gasteiger partial charge is 0.262 e. The van der Waals surface area contributed by atoms with E-state index in [9.17, 15) is 4.79 Å². The maximum atomic E-state index is 13.6. The lowest BCUT2D eigenvalue weighted by Gasteiger charge is -2.18. The second kappa shape index (κ2) is 8.04. The fourth-order valence-corrected chi connectivity index (χ4v) is 5.61. The van der Waals surface area contributed by atoms with Crippen LogP contribution in [0.5, 0.6) is 0 Å². The highest BCUT2D eigenvalue weighted by molar-refractivity contribution is 7.18. The molecule has 0 radical (unpaired) electrons. The van der Waals surface area contributed by atoms with Crippen LogP contribution in [0.25, 0.3) is 10.2 Å². The molecular weight excluding hydrogens is 378 g/mol. The van der Waals surface area contributed by atoms with Gasteiger partial charge in [0.05, 0.1) is 18.5 Å². The minimum absolute atomic E-state index is 0.131. The Bertz CT molecular complexity index is 1080. The average Bonchev–Trinajstić information content (AvgIpc) is 3.02. The van der Waals surface area contributed by atoms with Gasteiger partial charge in [-0.2, -0.15) is 0 Å². The fraction of sp³-hybridized carbons (Fsp3) is 0.500.